The Morgan fingerprint density at radius 2 is 1.92 bits per heavy atom. The molecule has 1 N–H and O–H groups in total. The van der Waals surface area contributed by atoms with Gasteiger partial charge < -0.3 is 10.2 Å². The van der Waals surface area contributed by atoms with Crippen molar-refractivity contribution in [1.82, 2.24) is 0 Å². The van der Waals surface area contributed by atoms with Crippen molar-refractivity contribution in [3.63, 3.8) is 0 Å². The van der Waals surface area contributed by atoms with Crippen molar-refractivity contribution in [3.05, 3.63) is 59.7 Å². The van der Waals surface area contributed by atoms with Crippen molar-refractivity contribution in [2.45, 2.75) is 26.3 Å². The van der Waals surface area contributed by atoms with Crippen molar-refractivity contribution in [2.75, 3.05) is 28.3 Å². The lowest BCUT2D eigenvalue weighted by Gasteiger charge is -2.29. The van der Waals surface area contributed by atoms with Gasteiger partial charge in [-0.2, -0.15) is 0 Å². The molecule has 138 valence electrons. The molecule has 0 saturated carbocycles. The van der Waals surface area contributed by atoms with Gasteiger partial charge in [0.15, 0.2) is 9.84 Å². The van der Waals surface area contributed by atoms with Crippen LogP contribution in [-0.2, 0) is 9.84 Å². The van der Waals surface area contributed by atoms with E-state index < -0.39 is 9.84 Å². The zero-order chi connectivity index (χ0) is 18.7. The number of nitrogens with one attached hydrogen (secondary N) is 1. The molecule has 0 bridgehead atoms. The molecule has 1 heterocycles. The van der Waals surface area contributed by atoms with Gasteiger partial charge in [-0.3, -0.25) is 4.79 Å². The number of carbonyl (C=O) groups excluding carboxylic acids is 1. The molecular weight excluding hydrogens is 348 g/mol. The van der Waals surface area contributed by atoms with Crippen molar-refractivity contribution in [3.8, 4) is 0 Å². The Labute approximate surface area is 154 Å². The van der Waals surface area contributed by atoms with Gasteiger partial charge in [0.1, 0.15) is 0 Å². The van der Waals surface area contributed by atoms with Crippen LogP contribution in [0.4, 0.5) is 11.4 Å². The maximum atomic E-state index is 12.3. The molecule has 0 aromatic heterocycles. The standard InChI is InChI=1S/C20H24N2O3S/c1-3-22(19-11-12-26(24,25)14-19)18-9-7-17(8-10-18)21-20(23)16-6-4-5-15(2)13-16/h4-10,13,19H,3,11-12,14H2,1-2H3,(H,21,23). The largest absolute Gasteiger partial charge is 0.368 e. The predicted molar refractivity (Wildman–Crippen MR) is 106 cm³/mol. The first-order chi connectivity index (χ1) is 12.4. The van der Waals surface area contributed by atoms with E-state index in [9.17, 15) is 13.2 Å². The maximum absolute atomic E-state index is 12.3. The molecule has 5 nitrogen and oxygen atoms in total. The minimum absolute atomic E-state index is 0.0257. The topological polar surface area (TPSA) is 66.5 Å². The highest BCUT2D eigenvalue weighted by molar-refractivity contribution is 7.91. The van der Waals surface area contributed by atoms with Gasteiger partial charge in [-0.15, -0.1) is 0 Å². The molecule has 2 aromatic rings. The number of amides is 1. The predicted octanol–water partition coefficient (Wildman–Crippen LogP) is 3.26. The van der Waals surface area contributed by atoms with Gasteiger partial charge in [0.25, 0.3) is 5.91 Å². The lowest BCUT2D eigenvalue weighted by atomic mass is 10.1. The number of carbonyl (C=O) groups is 1. The van der Waals surface area contributed by atoms with Crippen LogP contribution in [0.15, 0.2) is 48.5 Å². The highest BCUT2D eigenvalue weighted by Crippen LogP contribution is 2.25. The average Bonchev–Trinajstić information content (AvgIpc) is 2.96. The minimum Gasteiger partial charge on any atom is -0.368 e. The molecule has 1 saturated heterocycles. The van der Waals surface area contributed by atoms with Crippen molar-refractivity contribution in [2.24, 2.45) is 0 Å². The molecule has 6 heteroatoms. The summed E-state index contributed by atoms with van der Waals surface area (Å²) in [5, 5.41) is 2.90. The maximum Gasteiger partial charge on any atom is 0.255 e. The number of anilines is 2. The summed E-state index contributed by atoms with van der Waals surface area (Å²) in [5.41, 5.74) is 3.36. The Bertz CT molecular complexity index is 892. The van der Waals surface area contributed by atoms with Gasteiger partial charge >= 0.3 is 0 Å². The summed E-state index contributed by atoms with van der Waals surface area (Å²) in [4.78, 5) is 14.5. The fourth-order valence-corrected chi connectivity index (χ4v) is 5.13. The van der Waals surface area contributed by atoms with Crippen molar-refractivity contribution >= 4 is 27.1 Å². The first-order valence-electron chi connectivity index (χ1n) is 8.83. The number of aryl methyl sites for hydroxylation is 1. The molecule has 1 amide bonds. The normalized spacial score (nSPS) is 18.5. The third kappa shape index (κ3) is 4.25. The zero-order valence-corrected chi connectivity index (χ0v) is 15.9. The molecule has 0 radical (unpaired) electrons. The second-order valence-electron chi connectivity index (χ2n) is 6.71. The molecule has 0 spiro atoms. The Kier molecular flexibility index (Phi) is 5.32. The fourth-order valence-electron chi connectivity index (χ4n) is 3.40. The molecule has 1 aliphatic rings. The van der Waals surface area contributed by atoms with E-state index in [-0.39, 0.29) is 23.5 Å². The van der Waals surface area contributed by atoms with E-state index in [4.69, 9.17) is 0 Å². The van der Waals surface area contributed by atoms with Gasteiger partial charge in [-0.05, 0) is 56.7 Å². The van der Waals surface area contributed by atoms with Crippen LogP contribution in [0.25, 0.3) is 0 Å². The van der Waals surface area contributed by atoms with E-state index in [0.29, 0.717) is 12.0 Å². The van der Waals surface area contributed by atoms with Crippen LogP contribution in [0.1, 0.15) is 29.3 Å². The van der Waals surface area contributed by atoms with Crippen LogP contribution in [0, 0.1) is 6.92 Å². The lowest BCUT2D eigenvalue weighted by Crippen LogP contribution is -2.36. The summed E-state index contributed by atoms with van der Waals surface area (Å²) in [6.07, 6.45) is 0.669. The molecule has 1 aliphatic heterocycles. The van der Waals surface area contributed by atoms with Crippen LogP contribution in [0.2, 0.25) is 0 Å². The van der Waals surface area contributed by atoms with E-state index >= 15 is 0 Å². The SMILES string of the molecule is CCN(c1ccc(NC(=O)c2cccc(C)c2)cc1)C1CCS(=O)(=O)C1. The molecule has 1 atom stereocenters. The molecule has 1 unspecified atom stereocenters. The summed E-state index contributed by atoms with van der Waals surface area (Å²) in [5.74, 6) is 0.335. The van der Waals surface area contributed by atoms with Crippen molar-refractivity contribution < 1.29 is 13.2 Å². The quantitative estimate of drug-likeness (QED) is 0.875. The van der Waals surface area contributed by atoms with Gasteiger partial charge in [0, 0.05) is 29.5 Å². The van der Waals surface area contributed by atoms with E-state index in [1.54, 1.807) is 6.07 Å². The first kappa shape index (κ1) is 18.5. The molecule has 0 aliphatic carbocycles. The van der Waals surface area contributed by atoms with Crippen LogP contribution < -0.4 is 10.2 Å². The zero-order valence-electron chi connectivity index (χ0n) is 15.1. The van der Waals surface area contributed by atoms with E-state index in [2.05, 4.69) is 10.2 Å². The smallest absolute Gasteiger partial charge is 0.255 e. The fraction of sp³-hybridized carbons (Fsp3) is 0.350. The Hall–Kier alpha value is -2.34. The highest BCUT2D eigenvalue weighted by atomic mass is 32.2. The average molecular weight is 372 g/mol. The Morgan fingerprint density at radius 3 is 2.50 bits per heavy atom. The van der Waals surface area contributed by atoms with Crippen LogP contribution in [0.3, 0.4) is 0 Å². The summed E-state index contributed by atoms with van der Waals surface area (Å²) >= 11 is 0. The second kappa shape index (κ2) is 7.50. The van der Waals surface area contributed by atoms with E-state index in [1.807, 2.05) is 56.3 Å². The molecule has 3 rings (SSSR count). The Balaban J connectivity index is 1.70. The molecule has 1 fully saturated rings. The highest BCUT2D eigenvalue weighted by Gasteiger charge is 2.31. The summed E-state index contributed by atoms with van der Waals surface area (Å²) < 4.78 is 23.5. The van der Waals surface area contributed by atoms with E-state index in [1.165, 1.54) is 0 Å². The third-order valence-electron chi connectivity index (χ3n) is 4.73. The first-order valence-corrected chi connectivity index (χ1v) is 10.7. The molecule has 26 heavy (non-hydrogen) atoms. The van der Waals surface area contributed by atoms with Crippen LogP contribution >= 0.6 is 0 Å². The van der Waals surface area contributed by atoms with Crippen LogP contribution in [-0.4, -0.2) is 38.4 Å². The molecule has 2 aromatic carbocycles. The third-order valence-corrected chi connectivity index (χ3v) is 6.48. The summed E-state index contributed by atoms with van der Waals surface area (Å²) in [6.45, 7) is 4.72. The number of hydrogen-bond donors (Lipinski definition) is 1. The number of sulfone groups is 1. The van der Waals surface area contributed by atoms with Gasteiger partial charge in [-0.1, -0.05) is 17.7 Å². The number of hydrogen-bond acceptors (Lipinski definition) is 4. The number of benzene rings is 2. The lowest BCUT2D eigenvalue weighted by molar-refractivity contribution is 0.102. The van der Waals surface area contributed by atoms with E-state index in [0.717, 1.165) is 23.5 Å². The van der Waals surface area contributed by atoms with Gasteiger partial charge in [0.2, 0.25) is 0 Å². The summed E-state index contributed by atoms with van der Waals surface area (Å²) in [7, 11) is -2.92. The second-order valence-corrected chi connectivity index (χ2v) is 8.94. The van der Waals surface area contributed by atoms with Crippen molar-refractivity contribution in [1.29, 1.82) is 0 Å². The minimum atomic E-state index is -2.92. The summed E-state index contributed by atoms with van der Waals surface area (Å²) in [6, 6.07) is 15.1. The monoisotopic (exact) mass is 372 g/mol. The van der Waals surface area contributed by atoms with Gasteiger partial charge in [0.05, 0.1) is 11.5 Å². The van der Waals surface area contributed by atoms with Crippen LogP contribution in [0.5, 0.6) is 0 Å². The van der Waals surface area contributed by atoms with Gasteiger partial charge in [-0.25, -0.2) is 8.42 Å². The molecular formula is C20H24N2O3S. The number of rotatable bonds is 5. The number of nitrogens with zero attached hydrogens (tertiary/aromatic N) is 1. The Morgan fingerprint density at radius 1 is 1.19 bits per heavy atom.